The van der Waals surface area contributed by atoms with Crippen LogP contribution in [-0.2, 0) is 0 Å². The fourth-order valence-corrected chi connectivity index (χ4v) is 3.68. The smallest absolute Gasteiger partial charge is 0.255 e. The number of nitrogens with zero attached hydrogens (tertiary/aromatic N) is 2. The molecule has 25 heavy (non-hydrogen) atoms. The normalized spacial score (nSPS) is 15.7. The first-order chi connectivity index (χ1) is 12.1. The molecule has 1 amide bonds. The molecule has 7 heteroatoms. The third-order valence-electron chi connectivity index (χ3n) is 3.99. The highest BCUT2D eigenvalue weighted by molar-refractivity contribution is 8.16. The van der Waals surface area contributed by atoms with Crippen LogP contribution >= 0.6 is 11.8 Å². The van der Waals surface area contributed by atoms with Gasteiger partial charge in [-0.25, -0.2) is 8.78 Å². The summed E-state index contributed by atoms with van der Waals surface area (Å²) in [4.78, 5) is 18.7. The maximum absolute atomic E-state index is 13.2. The van der Waals surface area contributed by atoms with E-state index in [9.17, 15) is 13.6 Å². The molecular formula is C18H13F2N3OS. The molecule has 2 aromatic carbocycles. The Morgan fingerprint density at radius 1 is 1.12 bits per heavy atom. The van der Waals surface area contributed by atoms with E-state index in [-0.39, 0.29) is 5.56 Å². The van der Waals surface area contributed by atoms with Gasteiger partial charge in [0.15, 0.2) is 16.8 Å². The molecule has 0 fully saturated rings. The van der Waals surface area contributed by atoms with Crippen LogP contribution in [0.5, 0.6) is 0 Å². The quantitative estimate of drug-likeness (QED) is 0.905. The predicted molar refractivity (Wildman–Crippen MR) is 95.3 cm³/mol. The molecule has 0 unspecified atom stereocenters. The van der Waals surface area contributed by atoms with E-state index >= 15 is 0 Å². The first kappa shape index (κ1) is 15.8. The zero-order valence-corrected chi connectivity index (χ0v) is 13.8. The van der Waals surface area contributed by atoms with E-state index in [4.69, 9.17) is 0 Å². The molecule has 1 N–H and O–H groups in total. The van der Waals surface area contributed by atoms with Gasteiger partial charge in [0.05, 0.1) is 12.2 Å². The molecule has 126 valence electrons. The Bertz CT molecular complexity index is 909. The first-order valence-corrected chi connectivity index (χ1v) is 8.55. The number of nitrogens with one attached hydrogen (secondary N) is 1. The SMILES string of the molecule is O=C(Nc1ccc(C2=CSC3=NCCN23)cc1)c1ccc(F)c(F)c1. The topological polar surface area (TPSA) is 44.7 Å². The van der Waals surface area contributed by atoms with Crippen LogP contribution in [0.2, 0.25) is 0 Å². The second-order valence-corrected chi connectivity index (χ2v) is 6.43. The van der Waals surface area contributed by atoms with Gasteiger partial charge in [0.1, 0.15) is 0 Å². The van der Waals surface area contributed by atoms with Crippen LogP contribution in [0, 0.1) is 11.6 Å². The number of hydrogen-bond donors (Lipinski definition) is 1. The average molecular weight is 357 g/mol. The summed E-state index contributed by atoms with van der Waals surface area (Å²) in [6, 6.07) is 10.5. The molecule has 4 nitrogen and oxygen atoms in total. The minimum atomic E-state index is -1.04. The summed E-state index contributed by atoms with van der Waals surface area (Å²) in [5, 5.41) is 5.76. The zero-order chi connectivity index (χ0) is 17.4. The van der Waals surface area contributed by atoms with Crippen LogP contribution in [-0.4, -0.2) is 29.1 Å². The lowest BCUT2D eigenvalue weighted by molar-refractivity contribution is 0.102. The van der Waals surface area contributed by atoms with E-state index in [1.807, 2.05) is 12.1 Å². The molecular weight excluding hydrogens is 344 g/mol. The van der Waals surface area contributed by atoms with Crippen molar-refractivity contribution >= 4 is 34.2 Å². The molecule has 0 spiro atoms. The Labute approximate surface area is 147 Å². The zero-order valence-electron chi connectivity index (χ0n) is 13.0. The summed E-state index contributed by atoms with van der Waals surface area (Å²) >= 11 is 1.61. The summed E-state index contributed by atoms with van der Waals surface area (Å²) in [6.45, 7) is 1.69. The predicted octanol–water partition coefficient (Wildman–Crippen LogP) is 3.93. The van der Waals surface area contributed by atoms with Gasteiger partial charge in [-0.15, -0.1) is 0 Å². The number of rotatable bonds is 3. The van der Waals surface area contributed by atoms with Crippen LogP contribution in [0.25, 0.3) is 5.70 Å². The molecule has 2 aromatic rings. The highest BCUT2D eigenvalue weighted by atomic mass is 32.2. The Balaban J connectivity index is 1.48. The van der Waals surface area contributed by atoms with E-state index < -0.39 is 17.5 Å². The fraction of sp³-hybridized carbons (Fsp3) is 0.111. The summed E-state index contributed by atoms with van der Waals surface area (Å²) in [5.74, 6) is -2.51. The summed E-state index contributed by atoms with van der Waals surface area (Å²) in [5.41, 5.74) is 2.78. The van der Waals surface area contributed by atoms with Crippen molar-refractivity contribution in [2.75, 3.05) is 18.4 Å². The number of benzene rings is 2. The van der Waals surface area contributed by atoms with Crippen LogP contribution in [0.1, 0.15) is 15.9 Å². The lowest BCUT2D eigenvalue weighted by Gasteiger charge is -2.16. The van der Waals surface area contributed by atoms with Gasteiger partial charge >= 0.3 is 0 Å². The van der Waals surface area contributed by atoms with Gasteiger partial charge in [-0.2, -0.15) is 0 Å². The van der Waals surface area contributed by atoms with Crippen LogP contribution in [0.15, 0.2) is 52.9 Å². The minimum absolute atomic E-state index is 0.0656. The van der Waals surface area contributed by atoms with Crippen molar-refractivity contribution < 1.29 is 13.6 Å². The summed E-state index contributed by atoms with van der Waals surface area (Å²) in [6.07, 6.45) is 0. The monoisotopic (exact) mass is 357 g/mol. The molecule has 0 aliphatic carbocycles. The van der Waals surface area contributed by atoms with E-state index in [0.717, 1.165) is 41.7 Å². The highest BCUT2D eigenvalue weighted by Crippen LogP contribution is 2.35. The van der Waals surface area contributed by atoms with Gasteiger partial charge in [0, 0.05) is 23.2 Å². The maximum Gasteiger partial charge on any atom is 0.255 e. The van der Waals surface area contributed by atoms with Crippen molar-refractivity contribution in [1.29, 1.82) is 0 Å². The molecule has 0 radical (unpaired) electrons. The van der Waals surface area contributed by atoms with Crippen molar-refractivity contribution in [2.24, 2.45) is 4.99 Å². The second-order valence-electron chi connectivity index (χ2n) is 5.60. The maximum atomic E-state index is 13.2. The number of aliphatic imine (C=N–C) groups is 1. The number of fused-ring (bicyclic) bond motifs is 1. The standard InChI is InChI=1S/C18H13F2N3OS/c19-14-6-3-12(9-15(14)20)17(24)22-13-4-1-11(2-5-13)16-10-25-18-21-7-8-23(16)18/h1-6,9-10H,7-8H2,(H,22,24). The van der Waals surface area contributed by atoms with Crippen molar-refractivity contribution in [1.82, 2.24) is 4.90 Å². The van der Waals surface area contributed by atoms with Gasteiger partial charge in [-0.3, -0.25) is 9.79 Å². The number of amides is 1. The lowest BCUT2D eigenvalue weighted by Crippen LogP contribution is -2.19. The Kier molecular flexibility index (Phi) is 4.01. The van der Waals surface area contributed by atoms with Gasteiger partial charge in [-0.1, -0.05) is 23.9 Å². The van der Waals surface area contributed by atoms with Crippen molar-refractivity contribution in [2.45, 2.75) is 0 Å². The lowest BCUT2D eigenvalue weighted by atomic mass is 10.1. The molecule has 4 rings (SSSR count). The van der Waals surface area contributed by atoms with Gasteiger partial charge < -0.3 is 10.2 Å². The van der Waals surface area contributed by atoms with Gasteiger partial charge in [0.2, 0.25) is 0 Å². The Morgan fingerprint density at radius 2 is 1.92 bits per heavy atom. The summed E-state index contributed by atoms with van der Waals surface area (Å²) < 4.78 is 26.2. The number of anilines is 1. The molecule has 0 aromatic heterocycles. The number of halogens is 2. The van der Waals surface area contributed by atoms with Crippen LogP contribution in [0.3, 0.4) is 0 Å². The van der Waals surface area contributed by atoms with Crippen LogP contribution in [0.4, 0.5) is 14.5 Å². The number of carbonyl (C=O) groups excluding carboxylic acids is 1. The molecule has 2 aliphatic heterocycles. The Morgan fingerprint density at radius 3 is 2.68 bits per heavy atom. The largest absolute Gasteiger partial charge is 0.322 e. The average Bonchev–Trinajstić information content (AvgIpc) is 3.21. The highest BCUT2D eigenvalue weighted by Gasteiger charge is 2.26. The fourth-order valence-electron chi connectivity index (χ4n) is 2.71. The van der Waals surface area contributed by atoms with E-state index in [2.05, 4.69) is 20.6 Å². The van der Waals surface area contributed by atoms with Crippen LogP contribution < -0.4 is 5.32 Å². The van der Waals surface area contributed by atoms with E-state index in [1.165, 1.54) is 6.07 Å². The number of amidine groups is 1. The van der Waals surface area contributed by atoms with Gasteiger partial charge in [-0.05, 0) is 35.9 Å². The molecule has 2 aliphatic rings. The van der Waals surface area contributed by atoms with Crippen molar-refractivity contribution in [3.8, 4) is 0 Å². The second kappa shape index (κ2) is 6.33. The van der Waals surface area contributed by atoms with E-state index in [0.29, 0.717) is 5.69 Å². The van der Waals surface area contributed by atoms with Crippen molar-refractivity contribution in [3.05, 3.63) is 70.6 Å². The van der Waals surface area contributed by atoms with E-state index in [1.54, 1.807) is 23.9 Å². The summed E-state index contributed by atoms with van der Waals surface area (Å²) in [7, 11) is 0. The van der Waals surface area contributed by atoms with Gasteiger partial charge in [0.25, 0.3) is 5.91 Å². The first-order valence-electron chi connectivity index (χ1n) is 7.67. The molecule has 0 saturated carbocycles. The third kappa shape index (κ3) is 3.02. The van der Waals surface area contributed by atoms with Crippen molar-refractivity contribution in [3.63, 3.8) is 0 Å². The number of thioether (sulfide) groups is 1. The molecule has 0 saturated heterocycles. The Hall–Kier alpha value is -2.67. The number of hydrogen-bond acceptors (Lipinski definition) is 4. The molecule has 0 atom stereocenters. The third-order valence-corrected chi connectivity index (χ3v) is 4.89. The number of carbonyl (C=O) groups is 1. The molecule has 0 bridgehead atoms. The molecule has 2 heterocycles. The minimum Gasteiger partial charge on any atom is -0.322 e.